The first-order valence-corrected chi connectivity index (χ1v) is 9.56. The molecule has 0 unspecified atom stereocenters. The van der Waals surface area contributed by atoms with Crippen LogP contribution in [0.3, 0.4) is 0 Å². The number of carbonyl (C=O) groups excluding carboxylic acids is 2. The number of nitro groups is 1. The van der Waals surface area contributed by atoms with Gasteiger partial charge in [0.25, 0.3) is 5.91 Å². The fourth-order valence-electron chi connectivity index (χ4n) is 2.46. The van der Waals surface area contributed by atoms with Crippen molar-refractivity contribution in [2.24, 2.45) is 5.10 Å². The van der Waals surface area contributed by atoms with E-state index in [0.717, 1.165) is 0 Å². The molecule has 0 saturated heterocycles. The first-order valence-electron chi connectivity index (χ1n) is 9.18. The highest BCUT2D eigenvalue weighted by atomic mass is 35.5. The number of benzene rings is 3. The van der Waals surface area contributed by atoms with Gasteiger partial charge in [0.1, 0.15) is 5.75 Å². The maximum absolute atomic E-state index is 12.1. The van der Waals surface area contributed by atoms with Crippen LogP contribution in [-0.2, 0) is 4.79 Å². The highest BCUT2D eigenvalue weighted by Gasteiger charge is 2.14. The molecule has 0 bridgehead atoms. The smallest absolute Gasteiger partial charge is 0.343 e. The number of ether oxygens (including phenoxy) is 2. The maximum Gasteiger partial charge on any atom is 0.343 e. The van der Waals surface area contributed by atoms with Crippen molar-refractivity contribution in [1.82, 2.24) is 5.43 Å². The second-order valence-corrected chi connectivity index (χ2v) is 6.71. The van der Waals surface area contributed by atoms with E-state index in [1.807, 2.05) is 0 Å². The quantitative estimate of drug-likeness (QED) is 0.181. The van der Waals surface area contributed by atoms with Gasteiger partial charge in [-0.3, -0.25) is 14.9 Å². The Balaban J connectivity index is 1.48. The largest absolute Gasteiger partial charge is 0.477 e. The van der Waals surface area contributed by atoms with E-state index in [4.69, 9.17) is 21.1 Å². The zero-order chi connectivity index (χ0) is 22.9. The molecule has 0 spiro atoms. The second-order valence-electron chi connectivity index (χ2n) is 6.27. The van der Waals surface area contributed by atoms with Crippen LogP contribution in [0.5, 0.6) is 11.5 Å². The molecule has 10 heteroatoms. The van der Waals surface area contributed by atoms with Gasteiger partial charge in [0.15, 0.2) is 12.4 Å². The van der Waals surface area contributed by atoms with Crippen LogP contribution >= 0.6 is 11.6 Å². The van der Waals surface area contributed by atoms with Crippen LogP contribution in [0, 0.1) is 10.1 Å². The molecular weight excluding hydrogens is 438 g/mol. The summed E-state index contributed by atoms with van der Waals surface area (Å²) in [5.41, 5.74) is 3.03. The van der Waals surface area contributed by atoms with Crippen LogP contribution in [0.4, 0.5) is 5.69 Å². The predicted molar refractivity (Wildman–Crippen MR) is 117 cm³/mol. The summed E-state index contributed by atoms with van der Waals surface area (Å²) < 4.78 is 10.5. The van der Waals surface area contributed by atoms with Crippen molar-refractivity contribution in [3.8, 4) is 11.5 Å². The molecule has 3 rings (SSSR count). The van der Waals surface area contributed by atoms with Crippen molar-refractivity contribution in [2.45, 2.75) is 0 Å². The number of rotatable bonds is 8. The average Bonchev–Trinajstić information content (AvgIpc) is 2.79. The van der Waals surface area contributed by atoms with Gasteiger partial charge in [-0.05, 0) is 60.2 Å². The van der Waals surface area contributed by atoms with E-state index in [1.165, 1.54) is 24.4 Å². The van der Waals surface area contributed by atoms with Crippen molar-refractivity contribution in [2.75, 3.05) is 6.61 Å². The molecule has 0 aliphatic rings. The van der Waals surface area contributed by atoms with Gasteiger partial charge in [-0.15, -0.1) is 0 Å². The summed E-state index contributed by atoms with van der Waals surface area (Å²) in [6.07, 6.45) is 1.38. The fraction of sp³-hybridized carbons (Fsp3) is 0.0455. The zero-order valence-corrected chi connectivity index (χ0v) is 17.2. The molecule has 0 atom stereocenters. The zero-order valence-electron chi connectivity index (χ0n) is 16.4. The second kappa shape index (κ2) is 10.7. The number of nitro benzene ring substituents is 1. The summed E-state index contributed by atoms with van der Waals surface area (Å²) >= 11 is 5.80. The van der Waals surface area contributed by atoms with Gasteiger partial charge in [-0.2, -0.15) is 5.10 Å². The number of nitrogens with one attached hydrogen (secondary N) is 1. The number of hydrazone groups is 1. The van der Waals surface area contributed by atoms with Crippen LogP contribution in [0.2, 0.25) is 5.02 Å². The Morgan fingerprint density at radius 2 is 1.72 bits per heavy atom. The molecule has 32 heavy (non-hydrogen) atoms. The molecule has 0 aromatic heterocycles. The van der Waals surface area contributed by atoms with Gasteiger partial charge in [-0.1, -0.05) is 23.7 Å². The third kappa shape index (κ3) is 6.38. The lowest BCUT2D eigenvalue weighted by molar-refractivity contribution is -0.385. The molecule has 0 saturated carbocycles. The number of amides is 1. The molecule has 0 fully saturated rings. The number of carbonyl (C=O) groups is 2. The van der Waals surface area contributed by atoms with Crippen molar-refractivity contribution >= 4 is 35.4 Å². The highest BCUT2D eigenvalue weighted by Crippen LogP contribution is 2.25. The number of esters is 1. The van der Waals surface area contributed by atoms with E-state index in [9.17, 15) is 19.7 Å². The first kappa shape index (κ1) is 22.4. The molecule has 3 aromatic rings. The summed E-state index contributed by atoms with van der Waals surface area (Å²) in [6, 6.07) is 18.5. The lowest BCUT2D eigenvalue weighted by Gasteiger charge is -2.05. The lowest BCUT2D eigenvalue weighted by atomic mass is 10.2. The Morgan fingerprint density at radius 1 is 1.03 bits per heavy atom. The number of hydrogen-bond acceptors (Lipinski definition) is 7. The SMILES string of the molecule is O=C(COc1ccccc1[N+](=O)[O-])NN=Cc1ccc(OC(=O)c2ccc(Cl)cc2)cc1. The van der Waals surface area contributed by atoms with Crippen molar-refractivity contribution in [3.63, 3.8) is 0 Å². The third-order valence-electron chi connectivity index (χ3n) is 3.99. The normalized spacial score (nSPS) is 10.5. The number of halogens is 1. The lowest BCUT2D eigenvalue weighted by Crippen LogP contribution is -2.24. The van der Waals surface area contributed by atoms with Gasteiger partial charge >= 0.3 is 11.7 Å². The Kier molecular flexibility index (Phi) is 7.50. The summed E-state index contributed by atoms with van der Waals surface area (Å²) in [4.78, 5) is 34.3. The van der Waals surface area contributed by atoms with Gasteiger partial charge in [0.05, 0.1) is 16.7 Å². The van der Waals surface area contributed by atoms with E-state index in [2.05, 4.69) is 10.5 Å². The number of hydrogen-bond donors (Lipinski definition) is 1. The Morgan fingerprint density at radius 3 is 2.41 bits per heavy atom. The van der Waals surface area contributed by atoms with E-state index < -0.39 is 23.4 Å². The van der Waals surface area contributed by atoms with E-state index in [0.29, 0.717) is 21.9 Å². The predicted octanol–water partition coefficient (Wildman–Crippen LogP) is 4.00. The topological polar surface area (TPSA) is 120 Å². The molecule has 0 radical (unpaired) electrons. The summed E-state index contributed by atoms with van der Waals surface area (Å²) in [6.45, 7) is -0.443. The number of para-hydroxylation sites is 2. The van der Waals surface area contributed by atoms with Gasteiger partial charge in [0, 0.05) is 11.1 Å². The van der Waals surface area contributed by atoms with Crippen LogP contribution in [-0.4, -0.2) is 29.6 Å². The minimum Gasteiger partial charge on any atom is -0.477 e. The number of nitrogens with zero attached hydrogens (tertiary/aromatic N) is 2. The molecule has 162 valence electrons. The standard InChI is InChI=1S/C22H16ClN3O6/c23-17-9-7-16(8-10-17)22(28)32-18-11-5-15(6-12-18)13-24-25-21(27)14-31-20-4-2-1-3-19(20)26(29)30/h1-13H,14H2,(H,25,27). The average molecular weight is 454 g/mol. The van der Waals surface area contributed by atoms with Crippen LogP contribution in [0.25, 0.3) is 0 Å². The van der Waals surface area contributed by atoms with Crippen LogP contribution < -0.4 is 14.9 Å². The van der Waals surface area contributed by atoms with E-state index in [-0.39, 0.29) is 11.4 Å². The highest BCUT2D eigenvalue weighted by molar-refractivity contribution is 6.30. The van der Waals surface area contributed by atoms with E-state index >= 15 is 0 Å². The molecule has 1 amide bonds. The minimum atomic E-state index is -0.595. The molecule has 1 N–H and O–H groups in total. The monoisotopic (exact) mass is 453 g/mol. The first-order chi connectivity index (χ1) is 15.4. The molecule has 9 nitrogen and oxygen atoms in total. The fourth-order valence-corrected chi connectivity index (χ4v) is 2.58. The summed E-state index contributed by atoms with van der Waals surface area (Å²) in [5.74, 6) is -0.786. The Labute approximate surface area is 187 Å². The molecule has 0 aliphatic heterocycles. The van der Waals surface area contributed by atoms with Gasteiger partial charge < -0.3 is 9.47 Å². The Hall–Kier alpha value is -4.24. The van der Waals surface area contributed by atoms with Crippen molar-refractivity contribution in [3.05, 3.63) is 99.1 Å². The maximum atomic E-state index is 12.1. The molecule has 0 aliphatic carbocycles. The van der Waals surface area contributed by atoms with Gasteiger partial charge in [0.2, 0.25) is 0 Å². The third-order valence-corrected chi connectivity index (χ3v) is 4.25. The van der Waals surface area contributed by atoms with Crippen molar-refractivity contribution in [1.29, 1.82) is 0 Å². The minimum absolute atomic E-state index is 0.0136. The molecule has 0 heterocycles. The van der Waals surface area contributed by atoms with Crippen LogP contribution in [0.15, 0.2) is 77.9 Å². The van der Waals surface area contributed by atoms with Crippen LogP contribution in [0.1, 0.15) is 15.9 Å². The molecule has 3 aromatic carbocycles. The molecular formula is C22H16ClN3O6. The van der Waals surface area contributed by atoms with Crippen molar-refractivity contribution < 1.29 is 24.0 Å². The Bertz CT molecular complexity index is 1150. The van der Waals surface area contributed by atoms with E-state index in [1.54, 1.807) is 54.6 Å². The summed E-state index contributed by atoms with van der Waals surface area (Å²) in [7, 11) is 0. The van der Waals surface area contributed by atoms with Gasteiger partial charge in [-0.25, -0.2) is 10.2 Å². The summed E-state index contributed by atoms with van der Waals surface area (Å²) in [5, 5.41) is 15.2.